The maximum atomic E-state index is 12.1. The maximum absolute atomic E-state index is 12.1. The summed E-state index contributed by atoms with van der Waals surface area (Å²) < 4.78 is 6.21. The number of carbonyl (C=O) groups is 1. The number of benzene rings is 1. The minimum Gasteiger partial charge on any atom is -0.398 e. The van der Waals surface area contributed by atoms with Crippen LogP contribution in [0.5, 0.6) is 0 Å². The molecule has 0 fully saturated rings. The highest BCUT2D eigenvalue weighted by Crippen LogP contribution is 2.20. The van der Waals surface area contributed by atoms with Crippen LogP contribution in [0.15, 0.2) is 22.7 Å². The summed E-state index contributed by atoms with van der Waals surface area (Å²) in [5.41, 5.74) is 6.90. The maximum Gasteiger partial charge on any atom is 0.253 e. The van der Waals surface area contributed by atoms with Crippen LogP contribution in [-0.2, 0) is 4.74 Å². The van der Waals surface area contributed by atoms with E-state index < -0.39 is 0 Å². The topological polar surface area (TPSA) is 55.6 Å². The van der Waals surface area contributed by atoms with Crippen LogP contribution < -0.4 is 5.73 Å². The molecule has 0 aromatic heterocycles. The molecule has 2 N–H and O–H groups in total. The largest absolute Gasteiger partial charge is 0.398 e. The fraction of sp³-hybridized carbons (Fsp3) is 0.462. The third-order valence-corrected chi connectivity index (χ3v) is 3.19. The second-order valence-electron chi connectivity index (χ2n) is 4.38. The highest BCUT2D eigenvalue weighted by atomic mass is 79.9. The molecule has 0 spiro atoms. The molecule has 1 amide bonds. The first kappa shape index (κ1) is 15.0. The van der Waals surface area contributed by atoms with Crippen molar-refractivity contribution < 1.29 is 9.53 Å². The van der Waals surface area contributed by atoms with Gasteiger partial charge in [-0.3, -0.25) is 4.79 Å². The van der Waals surface area contributed by atoms with E-state index in [1.807, 2.05) is 13.8 Å². The number of likely N-dealkylation sites (N-methyl/N-ethyl adjacent to an activating group) is 1. The summed E-state index contributed by atoms with van der Waals surface area (Å²) >= 11 is 3.30. The Morgan fingerprint density at radius 2 is 2.17 bits per heavy atom. The fourth-order valence-electron chi connectivity index (χ4n) is 1.42. The highest BCUT2D eigenvalue weighted by molar-refractivity contribution is 9.10. The number of halogens is 1. The summed E-state index contributed by atoms with van der Waals surface area (Å²) in [4.78, 5) is 13.7. The summed E-state index contributed by atoms with van der Waals surface area (Å²) in [7, 11) is 1.75. The first-order valence-electron chi connectivity index (χ1n) is 5.84. The molecule has 1 rings (SSSR count). The van der Waals surface area contributed by atoms with Gasteiger partial charge in [-0.1, -0.05) is 0 Å². The predicted molar refractivity (Wildman–Crippen MR) is 76.6 cm³/mol. The van der Waals surface area contributed by atoms with Crippen LogP contribution in [0.1, 0.15) is 24.2 Å². The van der Waals surface area contributed by atoms with Gasteiger partial charge in [-0.25, -0.2) is 0 Å². The van der Waals surface area contributed by atoms with Gasteiger partial charge >= 0.3 is 0 Å². The lowest BCUT2D eigenvalue weighted by Gasteiger charge is -2.18. The van der Waals surface area contributed by atoms with Crippen LogP contribution in [-0.4, -0.2) is 37.1 Å². The number of nitrogens with two attached hydrogens (primary N) is 1. The molecular weight excluding hydrogens is 296 g/mol. The zero-order valence-corrected chi connectivity index (χ0v) is 12.5. The quantitative estimate of drug-likeness (QED) is 0.850. The van der Waals surface area contributed by atoms with Crippen molar-refractivity contribution in [3.63, 3.8) is 0 Å². The van der Waals surface area contributed by atoms with Crippen molar-refractivity contribution in [1.29, 1.82) is 0 Å². The molecule has 0 saturated heterocycles. The first-order valence-corrected chi connectivity index (χ1v) is 6.63. The average molecular weight is 315 g/mol. The molecule has 100 valence electrons. The van der Waals surface area contributed by atoms with Crippen LogP contribution in [0.2, 0.25) is 0 Å². The van der Waals surface area contributed by atoms with Crippen molar-refractivity contribution in [2.75, 3.05) is 25.9 Å². The third kappa shape index (κ3) is 4.31. The van der Waals surface area contributed by atoms with E-state index in [4.69, 9.17) is 10.5 Å². The van der Waals surface area contributed by atoms with Gasteiger partial charge in [-0.15, -0.1) is 0 Å². The fourth-order valence-corrected chi connectivity index (χ4v) is 1.67. The number of carbonyl (C=O) groups excluding carboxylic acids is 1. The molecule has 18 heavy (non-hydrogen) atoms. The smallest absolute Gasteiger partial charge is 0.253 e. The minimum atomic E-state index is -0.0541. The van der Waals surface area contributed by atoms with Crippen molar-refractivity contribution in [3.05, 3.63) is 28.2 Å². The average Bonchev–Trinajstić information content (AvgIpc) is 2.31. The van der Waals surface area contributed by atoms with Gasteiger partial charge in [0.25, 0.3) is 5.91 Å². The van der Waals surface area contributed by atoms with Gasteiger partial charge in [0.2, 0.25) is 0 Å². The van der Waals surface area contributed by atoms with E-state index in [0.717, 1.165) is 4.47 Å². The number of hydrogen-bond donors (Lipinski definition) is 1. The number of nitrogens with zero attached hydrogens (tertiary/aromatic N) is 1. The third-order valence-electron chi connectivity index (χ3n) is 2.47. The SMILES string of the molecule is CC(C)OCCN(C)C(=O)c1ccc(Br)c(N)c1. The van der Waals surface area contributed by atoms with E-state index in [2.05, 4.69) is 15.9 Å². The zero-order valence-electron chi connectivity index (χ0n) is 10.9. The van der Waals surface area contributed by atoms with Crippen LogP contribution in [0, 0.1) is 0 Å². The molecular formula is C13H19BrN2O2. The molecule has 0 bridgehead atoms. The monoisotopic (exact) mass is 314 g/mol. The lowest BCUT2D eigenvalue weighted by Crippen LogP contribution is -2.30. The van der Waals surface area contributed by atoms with E-state index in [9.17, 15) is 4.79 Å². The van der Waals surface area contributed by atoms with Gasteiger partial charge in [0, 0.05) is 29.3 Å². The molecule has 0 atom stereocenters. The summed E-state index contributed by atoms with van der Waals surface area (Å²) in [5.74, 6) is -0.0541. The van der Waals surface area contributed by atoms with Crippen LogP contribution in [0.4, 0.5) is 5.69 Å². The van der Waals surface area contributed by atoms with E-state index >= 15 is 0 Å². The van der Waals surface area contributed by atoms with Gasteiger partial charge in [-0.2, -0.15) is 0 Å². The molecule has 0 heterocycles. The van der Waals surface area contributed by atoms with E-state index in [0.29, 0.717) is 24.4 Å². The van der Waals surface area contributed by atoms with Crippen molar-refractivity contribution >= 4 is 27.5 Å². The number of amides is 1. The molecule has 1 aromatic carbocycles. The van der Waals surface area contributed by atoms with E-state index in [1.54, 1.807) is 30.1 Å². The molecule has 0 aliphatic rings. The molecule has 0 saturated carbocycles. The molecule has 1 aromatic rings. The van der Waals surface area contributed by atoms with Gasteiger partial charge in [0.1, 0.15) is 0 Å². The molecule has 5 heteroatoms. The Morgan fingerprint density at radius 1 is 1.50 bits per heavy atom. The van der Waals surface area contributed by atoms with Gasteiger partial charge in [0.05, 0.1) is 12.7 Å². The second kappa shape index (κ2) is 6.75. The Balaban J connectivity index is 2.60. The van der Waals surface area contributed by atoms with Crippen molar-refractivity contribution in [1.82, 2.24) is 4.90 Å². The zero-order chi connectivity index (χ0) is 13.7. The van der Waals surface area contributed by atoms with Crippen molar-refractivity contribution in [3.8, 4) is 0 Å². The van der Waals surface area contributed by atoms with Crippen molar-refractivity contribution in [2.24, 2.45) is 0 Å². The standard InChI is InChI=1S/C13H19BrN2O2/c1-9(2)18-7-6-16(3)13(17)10-4-5-11(14)12(15)8-10/h4-5,8-9H,6-7,15H2,1-3H3. The van der Waals surface area contributed by atoms with Gasteiger partial charge in [-0.05, 0) is 48.0 Å². The molecule has 0 aliphatic carbocycles. The normalized spacial score (nSPS) is 10.7. The number of rotatable bonds is 5. The highest BCUT2D eigenvalue weighted by Gasteiger charge is 2.12. The van der Waals surface area contributed by atoms with E-state index in [-0.39, 0.29) is 12.0 Å². The minimum absolute atomic E-state index is 0.0541. The molecule has 0 unspecified atom stereocenters. The number of nitrogen functional groups attached to an aromatic ring is 1. The van der Waals surface area contributed by atoms with Gasteiger partial charge in [0.15, 0.2) is 0 Å². The summed E-state index contributed by atoms with van der Waals surface area (Å²) in [5, 5.41) is 0. The summed E-state index contributed by atoms with van der Waals surface area (Å²) in [6, 6.07) is 5.20. The number of hydrogen-bond acceptors (Lipinski definition) is 3. The Bertz CT molecular complexity index is 421. The Hall–Kier alpha value is -1.07. The summed E-state index contributed by atoms with van der Waals surface area (Å²) in [6.07, 6.45) is 0.178. The molecule has 0 aliphatic heterocycles. The number of ether oxygens (including phenoxy) is 1. The molecule has 0 radical (unpaired) electrons. The lowest BCUT2D eigenvalue weighted by molar-refractivity contribution is 0.0532. The van der Waals surface area contributed by atoms with Crippen LogP contribution in [0.3, 0.4) is 0 Å². The lowest BCUT2D eigenvalue weighted by atomic mass is 10.2. The van der Waals surface area contributed by atoms with Gasteiger partial charge < -0.3 is 15.4 Å². The first-order chi connectivity index (χ1) is 8.41. The Morgan fingerprint density at radius 3 is 2.72 bits per heavy atom. The summed E-state index contributed by atoms with van der Waals surface area (Å²) in [6.45, 7) is 5.04. The predicted octanol–water partition coefficient (Wildman–Crippen LogP) is 2.53. The van der Waals surface area contributed by atoms with Crippen molar-refractivity contribution in [2.45, 2.75) is 20.0 Å². The van der Waals surface area contributed by atoms with Crippen LogP contribution in [0.25, 0.3) is 0 Å². The van der Waals surface area contributed by atoms with Crippen LogP contribution >= 0.6 is 15.9 Å². The molecule has 4 nitrogen and oxygen atoms in total. The second-order valence-corrected chi connectivity index (χ2v) is 5.24. The Kier molecular flexibility index (Phi) is 5.62. The Labute approximate surface area is 116 Å². The number of anilines is 1. The van der Waals surface area contributed by atoms with E-state index in [1.165, 1.54) is 0 Å².